The molecule has 21 heavy (non-hydrogen) atoms. The summed E-state index contributed by atoms with van der Waals surface area (Å²) in [5.41, 5.74) is 0.0619. The lowest BCUT2D eigenvalue weighted by atomic mass is 9.71. The first-order valence-corrected chi connectivity index (χ1v) is 8.69. The Hall–Kier alpha value is -0.610. The molecule has 0 spiro atoms. The molecule has 2 fully saturated rings. The van der Waals surface area contributed by atoms with Gasteiger partial charge in [0.1, 0.15) is 0 Å². The molecule has 2 aliphatic rings. The molecule has 0 bridgehead atoms. The van der Waals surface area contributed by atoms with Crippen molar-refractivity contribution >= 4 is 5.97 Å². The van der Waals surface area contributed by atoms with E-state index in [4.69, 9.17) is 4.74 Å². The second kappa shape index (κ2) is 7.59. The Morgan fingerprint density at radius 3 is 2.57 bits per heavy atom. The topological polar surface area (TPSA) is 32.8 Å². The van der Waals surface area contributed by atoms with E-state index >= 15 is 0 Å². The van der Waals surface area contributed by atoms with Gasteiger partial charge in [-0.25, -0.2) is 0 Å². The average Bonchev–Trinajstić information content (AvgIpc) is 2.48. The summed E-state index contributed by atoms with van der Waals surface area (Å²) < 4.78 is 5.27. The van der Waals surface area contributed by atoms with Crippen molar-refractivity contribution in [2.24, 2.45) is 5.92 Å². The molecule has 2 rings (SSSR count). The minimum Gasteiger partial charge on any atom is -0.466 e. The van der Waals surface area contributed by atoms with E-state index in [0.29, 0.717) is 13.0 Å². The van der Waals surface area contributed by atoms with Gasteiger partial charge in [-0.15, -0.1) is 0 Å². The summed E-state index contributed by atoms with van der Waals surface area (Å²) in [4.78, 5) is 17.1. The molecular weight excluding hydrogens is 264 g/mol. The number of nitrogens with zero attached hydrogens (tertiary/aromatic N) is 2. The van der Waals surface area contributed by atoms with E-state index in [1.165, 1.54) is 25.7 Å². The normalized spacial score (nSPS) is 32.0. The monoisotopic (exact) mass is 296 g/mol. The van der Waals surface area contributed by atoms with Crippen LogP contribution < -0.4 is 0 Å². The lowest BCUT2D eigenvalue weighted by molar-refractivity contribution is -0.148. The summed E-state index contributed by atoms with van der Waals surface area (Å²) in [5, 5.41) is 0. The van der Waals surface area contributed by atoms with Crippen molar-refractivity contribution in [3.63, 3.8) is 0 Å². The van der Waals surface area contributed by atoms with Crippen LogP contribution in [-0.2, 0) is 9.53 Å². The average molecular weight is 296 g/mol. The van der Waals surface area contributed by atoms with E-state index in [1.54, 1.807) is 0 Å². The molecule has 0 amide bonds. The van der Waals surface area contributed by atoms with Crippen LogP contribution in [-0.4, -0.2) is 61.1 Å². The molecule has 1 heterocycles. The standard InChI is InChI=1S/C17H32N2O2/c1-4-15-7-6-8-17(13-15,14-16(20)21-5-2)19-11-9-18(3)10-12-19/h15H,4-14H2,1-3H3. The number of ether oxygens (including phenoxy) is 1. The number of hydrogen-bond donors (Lipinski definition) is 0. The van der Waals surface area contributed by atoms with Crippen LogP contribution in [0.2, 0.25) is 0 Å². The van der Waals surface area contributed by atoms with Gasteiger partial charge in [0.25, 0.3) is 0 Å². The van der Waals surface area contributed by atoms with E-state index < -0.39 is 0 Å². The Bertz CT molecular complexity index is 340. The van der Waals surface area contributed by atoms with Gasteiger partial charge < -0.3 is 9.64 Å². The smallest absolute Gasteiger partial charge is 0.307 e. The van der Waals surface area contributed by atoms with Crippen molar-refractivity contribution in [3.8, 4) is 0 Å². The lowest BCUT2D eigenvalue weighted by Gasteiger charge is -2.50. The molecule has 1 aliphatic heterocycles. The van der Waals surface area contributed by atoms with Crippen molar-refractivity contribution < 1.29 is 9.53 Å². The Labute approximate surface area is 129 Å². The number of hydrogen-bond acceptors (Lipinski definition) is 4. The highest BCUT2D eigenvalue weighted by atomic mass is 16.5. The number of carbonyl (C=O) groups is 1. The summed E-state index contributed by atoms with van der Waals surface area (Å²) in [5.74, 6) is 0.765. The number of likely N-dealkylation sites (N-methyl/N-ethyl adjacent to an activating group) is 1. The predicted molar refractivity (Wildman–Crippen MR) is 85.3 cm³/mol. The fourth-order valence-corrected chi connectivity index (χ4v) is 4.13. The van der Waals surface area contributed by atoms with E-state index in [1.807, 2.05) is 6.92 Å². The van der Waals surface area contributed by atoms with E-state index in [0.717, 1.165) is 38.5 Å². The minimum absolute atomic E-state index is 0.00631. The minimum atomic E-state index is -0.00631. The molecule has 0 radical (unpaired) electrons. The van der Waals surface area contributed by atoms with Gasteiger partial charge in [-0.1, -0.05) is 26.2 Å². The summed E-state index contributed by atoms with van der Waals surface area (Å²) in [7, 11) is 2.19. The Morgan fingerprint density at radius 1 is 1.24 bits per heavy atom. The fourth-order valence-electron chi connectivity index (χ4n) is 4.13. The molecule has 0 aromatic carbocycles. The largest absolute Gasteiger partial charge is 0.466 e. The third-order valence-electron chi connectivity index (χ3n) is 5.45. The summed E-state index contributed by atoms with van der Waals surface area (Å²) >= 11 is 0. The molecule has 4 nitrogen and oxygen atoms in total. The lowest BCUT2D eigenvalue weighted by Crippen LogP contribution is -2.59. The van der Waals surface area contributed by atoms with Crippen LogP contribution in [0.5, 0.6) is 0 Å². The third kappa shape index (κ3) is 4.19. The SMILES string of the molecule is CCOC(=O)CC1(N2CCN(C)CC2)CCCC(CC)C1. The first kappa shape index (κ1) is 16.8. The molecule has 122 valence electrons. The van der Waals surface area contributed by atoms with Gasteiger partial charge >= 0.3 is 5.97 Å². The maximum atomic E-state index is 12.2. The second-order valence-corrected chi connectivity index (χ2v) is 6.87. The highest BCUT2D eigenvalue weighted by molar-refractivity contribution is 5.71. The molecule has 0 aromatic heterocycles. The zero-order valence-corrected chi connectivity index (χ0v) is 14.1. The van der Waals surface area contributed by atoms with Gasteiger partial charge in [0.2, 0.25) is 0 Å². The van der Waals surface area contributed by atoms with Gasteiger partial charge in [-0.05, 0) is 32.7 Å². The van der Waals surface area contributed by atoms with Crippen LogP contribution in [0.1, 0.15) is 52.4 Å². The molecular formula is C17H32N2O2. The van der Waals surface area contributed by atoms with Crippen LogP contribution >= 0.6 is 0 Å². The second-order valence-electron chi connectivity index (χ2n) is 6.87. The van der Waals surface area contributed by atoms with Crippen LogP contribution in [0.25, 0.3) is 0 Å². The number of carbonyl (C=O) groups excluding carboxylic acids is 1. The van der Waals surface area contributed by atoms with E-state index in [9.17, 15) is 4.79 Å². The van der Waals surface area contributed by atoms with Crippen molar-refractivity contribution in [1.29, 1.82) is 0 Å². The highest BCUT2D eigenvalue weighted by Crippen LogP contribution is 2.41. The van der Waals surface area contributed by atoms with Gasteiger partial charge in [-0.2, -0.15) is 0 Å². The summed E-state index contributed by atoms with van der Waals surface area (Å²) in [6.07, 6.45) is 6.73. The number of esters is 1. The van der Waals surface area contributed by atoms with Gasteiger partial charge in [0.05, 0.1) is 13.0 Å². The number of rotatable bonds is 5. The maximum Gasteiger partial charge on any atom is 0.307 e. The van der Waals surface area contributed by atoms with E-state index in [2.05, 4.69) is 23.8 Å². The molecule has 1 aliphatic carbocycles. The van der Waals surface area contributed by atoms with Crippen LogP contribution in [0.4, 0.5) is 0 Å². The summed E-state index contributed by atoms with van der Waals surface area (Å²) in [6.45, 7) is 9.08. The van der Waals surface area contributed by atoms with Gasteiger partial charge in [0, 0.05) is 31.7 Å². The predicted octanol–water partition coefficient (Wildman–Crippen LogP) is 2.53. The number of piperazine rings is 1. The van der Waals surface area contributed by atoms with E-state index in [-0.39, 0.29) is 11.5 Å². The molecule has 2 atom stereocenters. The van der Waals surface area contributed by atoms with Gasteiger partial charge in [0.15, 0.2) is 0 Å². The first-order chi connectivity index (χ1) is 10.1. The first-order valence-electron chi connectivity index (χ1n) is 8.69. The van der Waals surface area contributed by atoms with Crippen molar-refractivity contribution in [1.82, 2.24) is 9.80 Å². The van der Waals surface area contributed by atoms with Crippen LogP contribution in [0.15, 0.2) is 0 Å². The molecule has 0 aromatic rings. The van der Waals surface area contributed by atoms with Crippen LogP contribution in [0, 0.1) is 5.92 Å². The zero-order valence-electron chi connectivity index (χ0n) is 14.1. The van der Waals surface area contributed by atoms with Crippen molar-refractivity contribution in [3.05, 3.63) is 0 Å². The van der Waals surface area contributed by atoms with Crippen molar-refractivity contribution in [2.45, 2.75) is 57.9 Å². The molecule has 4 heteroatoms. The fraction of sp³-hybridized carbons (Fsp3) is 0.941. The zero-order chi connectivity index (χ0) is 15.3. The molecule has 2 unspecified atom stereocenters. The van der Waals surface area contributed by atoms with Crippen LogP contribution in [0.3, 0.4) is 0 Å². The molecule has 1 saturated heterocycles. The quantitative estimate of drug-likeness (QED) is 0.730. The van der Waals surface area contributed by atoms with Gasteiger partial charge in [-0.3, -0.25) is 9.69 Å². The molecule has 0 N–H and O–H groups in total. The molecule has 1 saturated carbocycles. The third-order valence-corrected chi connectivity index (χ3v) is 5.45. The Morgan fingerprint density at radius 2 is 1.95 bits per heavy atom. The van der Waals surface area contributed by atoms with Crippen molar-refractivity contribution in [2.75, 3.05) is 39.8 Å². The highest BCUT2D eigenvalue weighted by Gasteiger charge is 2.43. The maximum absolute atomic E-state index is 12.2. The Kier molecular flexibility index (Phi) is 6.06. The summed E-state index contributed by atoms with van der Waals surface area (Å²) in [6, 6.07) is 0. The Balaban J connectivity index is 2.10.